The monoisotopic (exact) mass is 294 g/mol. The SMILES string of the molecule is C=CCSCCNC(=O)NCC(O)c1ccccc1C. The number of aryl methyl sites for hydroxylation is 1. The minimum absolute atomic E-state index is 0.205. The smallest absolute Gasteiger partial charge is 0.314 e. The number of urea groups is 1. The number of nitrogens with one attached hydrogen (secondary N) is 2. The number of amides is 2. The maximum absolute atomic E-state index is 11.5. The van der Waals surface area contributed by atoms with Crippen LogP contribution in [0.3, 0.4) is 0 Å². The fourth-order valence-electron chi connectivity index (χ4n) is 1.73. The molecule has 0 aliphatic heterocycles. The first-order valence-corrected chi connectivity index (χ1v) is 7.74. The van der Waals surface area contributed by atoms with Crippen LogP contribution in [0.5, 0.6) is 0 Å². The van der Waals surface area contributed by atoms with Gasteiger partial charge in [-0.25, -0.2) is 4.79 Å². The predicted octanol–water partition coefficient (Wildman–Crippen LogP) is 2.25. The lowest BCUT2D eigenvalue weighted by Gasteiger charge is -2.14. The molecule has 0 fully saturated rings. The molecule has 0 saturated heterocycles. The van der Waals surface area contributed by atoms with Crippen molar-refractivity contribution < 1.29 is 9.90 Å². The van der Waals surface area contributed by atoms with Crippen LogP contribution in [0.1, 0.15) is 17.2 Å². The average Bonchev–Trinajstić information content (AvgIpc) is 2.45. The number of aliphatic hydroxyl groups is 1. The fraction of sp³-hybridized carbons (Fsp3) is 0.400. The van der Waals surface area contributed by atoms with E-state index >= 15 is 0 Å². The van der Waals surface area contributed by atoms with Crippen LogP contribution in [0.25, 0.3) is 0 Å². The molecule has 3 N–H and O–H groups in total. The largest absolute Gasteiger partial charge is 0.387 e. The third kappa shape index (κ3) is 6.12. The number of aliphatic hydroxyl groups excluding tert-OH is 1. The van der Waals surface area contributed by atoms with Crippen LogP contribution < -0.4 is 10.6 Å². The minimum Gasteiger partial charge on any atom is -0.387 e. The molecule has 0 radical (unpaired) electrons. The van der Waals surface area contributed by atoms with E-state index in [9.17, 15) is 9.90 Å². The van der Waals surface area contributed by atoms with Gasteiger partial charge in [-0.15, -0.1) is 6.58 Å². The van der Waals surface area contributed by atoms with Crippen molar-refractivity contribution in [2.45, 2.75) is 13.0 Å². The average molecular weight is 294 g/mol. The normalized spacial score (nSPS) is 11.7. The Balaban J connectivity index is 2.24. The highest BCUT2D eigenvalue weighted by Crippen LogP contribution is 2.15. The number of hydrogen-bond acceptors (Lipinski definition) is 3. The molecule has 1 atom stereocenters. The molecule has 0 aliphatic rings. The number of rotatable bonds is 8. The molecule has 5 heteroatoms. The lowest BCUT2D eigenvalue weighted by molar-refractivity contribution is 0.172. The second-order valence-electron chi connectivity index (χ2n) is 4.37. The number of carbonyl (C=O) groups is 1. The van der Waals surface area contributed by atoms with Crippen molar-refractivity contribution in [2.24, 2.45) is 0 Å². The van der Waals surface area contributed by atoms with E-state index in [2.05, 4.69) is 17.2 Å². The molecule has 4 nitrogen and oxygen atoms in total. The Morgan fingerprint density at radius 1 is 1.45 bits per heavy atom. The van der Waals surface area contributed by atoms with E-state index in [0.717, 1.165) is 22.6 Å². The highest BCUT2D eigenvalue weighted by atomic mass is 32.2. The van der Waals surface area contributed by atoms with Gasteiger partial charge in [-0.05, 0) is 18.1 Å². The van der Waals surface area contributed by atoms with Gasteiger partial charge in [0, 0.05) is 24.6 Å². The van der Waals surface area contributed by atoms with Crippen molar-refractivity contribution in [2.75, 3.05) is 24.6 Å². The van der Waals surface area contributed by atoms with E-state index in [0.29, 0.717) is 6.54 Å². The van der Waals surface area contributed by atoms with Gasteiger partial charge in [-0.3, -0.25) is 0 Å². The summed E-state index contributed by atoms with van der Waals surface area (Å²) in [5, 5.41) is 15.5. The Hall–Kier alpha value is -1.46. The van der Waals surface area contributed by atoms with Gasteiger partial charge in [0.25, 0.3) is 0 Å². The number of thioether (sulfide) groups is 1. The molecule has 0 saturated carbocycles. The van der Waals surface area contributed by atoms with Gasteiger partial charge in [0.15, 0.2) is 0 Å². The van der Waals surface area contributed by atoms with Crippen LogP contribution in [-0.4, -0.2) is 35.7 Å². The summed E-state index contributed by atoms with van der Waals surface area (Å²) in [7, 11) is 0. The van der Waals surface area contributed by atoms with E-state index in [1.165, 1.54) is 0 Å². The molecule has 0 spiro atoms. The summed E-state index contributed by atoms with van der Waals surface area (Å²) in [6.07, 6.45) is 1.15. The van der Waals surface area contributed by atoms with Crippen molar-refractivity contribution in [3.05, 3.63) is 48.0 Å². The highest BCUT2D eigenvalue weighted by molar-refractivity contribution is 7.99. The predicted molar refractivity (Wildman–Crippen MR) is 85.1 cm³/mol. The lowest BCUT2D eigenvalue weighted by atomic mass is 10.0. The Morgan fingerprint density at radius 2 is 2.20 bits per heavy atom. The molecule has 0 bridgehead atoms. The molecule has 1 rings (SSSR count). The van der Waals surface area contributed by atoms with Gasteiger partial charge in [0.05, 0.1) is 6.10 Å². The van der Waals surface area contributed by atoms with Crippen LogP contribution in [0.15, 0.2) is 36.9 Å². The molecular weight excluding hydrogens is 272 g/mol. The molecule has 110 valence electrons. The summed E-state index contributed by atoms with van der Waals surface area (Å²) in [6, 6.07) is 7.35. The summed E-state index contributed by atoms with van der Waals surface area (Å²) in [5.41, 5.74) is 1.86. The standard InChI is InChI=1S/C15H22N2O2S/c1-3-9-20-10-8-16-15(19)17-11-14(18)13-7-5-4-6-12(13)2/h3-7,14,18H,1,8-11H2,2H3,(H2,16,17,19). The van der Waals surface area contributed by atoms with Crippen molar-refractivity contribution in [1.29, 1.82) is 0 Å². The van der Waals surface area contributed by atoms with Crippen LogP contribution in [0.4, 0.5) is 4.79 Å². The van der Waals surface area contributed by atoms with Crippen molar-refractivity contribution in [3.63, 3.8) is 0 Å². The zero-order valence-electron chi connectivity index (χ0n) is 11.8. The first kappa shape index (κ1) is 16.6. The fourth-order valence-corrected chi connectivity index (χ4v) is 2.31. The molecular formula is C15H22N2O2S. The van der Waals surface area contributed by atoms with Crippen LogP contribution in [-0.2, 0) is 0 Å². The zero-order valence-corrected chi connectivity index (χ0v) is 12.6. The second kappa shape index (κ2) is 9.44. The van der Waals surface area contributed by atoms with Crippen molar-refractivity contribution >= 4 is 17.8 Å². The minimum atomic E-state index is -0.683. The maximum Gasteiger partial charge on any atom is 0.314 e. The molecule has 0 aromatic heterocycles. The Labute approximate surface area is 124 Å². The van der Waals surface area contributed by atoms with E-state index in [-0.39, 0.29) is 12.6 Å². The van der Waals surface area contributed by atoms with Crippen molar-refractivity contribution in [1.82, 2.24) is 10.6 Å². The van der Waals surface area contributed by atoms with Crippen LogP contribution in [0.2, 0.25) is 0 Å². The van der Waals surface area contributed by atoms with E-state index in [1.807, 2.05) is 37.3 Å². The summed E-state index contributed by atoms with van der Waals surface area (Å²) < 4.78 is 0. The quantitative estimate of drug-likeness (QED) is 0.509. The molecule has 1 aromatic rings. The topological polar surface area (TPSA) is 61.4 Å². The van der Waals surface area contributed by atoms with E-state index in [1.54, 1.807) is 11.8 Å². The first-order valence-electron chi connectivity index (χ1n) is 6.59. The number of benzene rings is 1. The Bertz CT molecular complexity index is 438. The third-order valence-electron chi connectivity index (χ3n) is 2.77. The van der Waals surface area contributed by atoms with Crippen molar-refractivity contribution in [3.8, 4) is 0 Å². The molecule has 1 aromatic carbocycles. The first-order chi connectivity index (χ1) is 9.65. The Kier molecular flexibility index (Phi) is 7.84. The summed E-state index contributed by atoms with van der Waals surface area (Å²) in [5.74, 6) is 1.73. The van der Waals surface area contributed by atoms with Gasteiger partial charge in [-0.2, -0.15) is 11.8 Å². The second-order valence-corrected chi connectivity index (χ2v) is 5.52. The molecule has 20 heavy (non-hydrogen) atoms. The van der Waals surface area contributed by atoms with Gasteiger partial charge in [-0.1, -0.05) is 30.3 Å². The molecule has 2 amide bonds. The Morgan fingerprint density at radius 3 is 2.90 bits per heavy atom. The van der Waals surface area contributed by atoms with Gasteiger partial charge >= 0.3 is 6.03 Å². The summed E-state index contributed by atoms with van der Waals surface area (Å²) in [4.78, 5) is 11.5. The van der Waals surface area contributed by atoms with Crippen LogP contribution in [0, 0.1) is 6.92 Å². The number of hydrogen-bond donors (Lipinski definition) is 3. The zero-order chi connectivity index (χ0) is 14.8. The number of carbonyl (C=O) groups excluding carboxylic acids is 1. The maximum atomic E-state index is 11.5. The third-order valence-corrected chi connectivity index (χ3v) is 3.74. The van der Waals surface area contributed by atoms with Gasteiger partial charge < -0.3 is 15.7 Å². The van der Waals surface area contributed by atoms with Gasteiger partial charge in [0.1, 0.15) is 0 Å². The van der Waals surface area contributed by atoms with Gasteiger partial charge in [0.2, 0.25) is 0 Å². The van der Waals surface area contributed by atoms with E-state index in [4.69, 9.17) is 0 Å². The highest BCUT2D eigenvalue weighted by Gasteiger charge is 2.10. The van der Waals surface area contributed by atoms with E-state index < -0.39 is 6.10 Å². The molecule has 1 unspecified atom stereocenters. The molecule has 0 aliphatic carbocycles. The summed E-state index contributed by atoms with van der Waals surface area (Å²) in [6.45, 7) is 6.38. The van der Waals surface area contributed by atoms with Crippen LogP contribution >= 0.6 is 11.8 Å². The molecule has 0 heterocycles. The lowest BCUT2D eigenvalue weighted by Crippen LogP contribution is -2.38. The summed E-state index contributed by atoms with van der Waals surface area (Å²) >= 11 is 1.71.